The highest BCUT2D eigenvalue weighted by molar-refractivity contribution is 7.15. The summed E-state index contributed by atoms with van der Waals surface area (Å²) < 4.78 is 5.02. The van der Waals surface area contributed by atoms with E-state index in [0.29, 0.717) is 18.3 Å². The topological polar surface area (TPSA) is 71.5 Å². The lowest BCUT2D eigenvalue weighted by Crippen LogP contribution is -2.45. The van der Waals surface area contributed by atoms with E-state index in [4.69, 9.17) is 4.74 Å². The molecule has 0 bridgehead atoms. The number of aromatic nitrogens is 1. The molecule has 0 saturated heterocycles. The van der Waals surface area contributed by atoms with Gasteiger partial charge in [0, 0.05) is 23.9 Å². The highest BCUT2D eigenvalue weighted by atomic mass is 32.1. The number of hydrogen-bond acceptors (Lipinski definition) is 5. The van der Waals surface area contributed by atoms with E-state index in [1.165, 1.54) is 16.2 Å². The number of amides is 2. The van der Waals surface area contributed by atoms with Gasteiger partial charge in [-0.3, -0.25) is 9.59 Å². The molecule has 2 amide bonds. The van der Waals surface area contributed by atoms with Crippen LogP contribution in [-0.4, -0.2) is 48.5 Å². The molecular formula is C15H25N3O3S. The Labute approximate surface area is 135 Å². The van der Waals surface area contributed by atoms with Gasteiger partial charge >= 0.3 is 0 Å². The first-order valence-corrected chi connectivity index (χ1v) is 7.99. The minimum Gasteiger partial charge on any atom is -0.383 e. The minimum absolute atomic E-state index is 0.00284. The molecule has 1 N–H and O–H groups in total. The second-order valence-corrected chi connectivity index (χ2v) is 7.38. The third-order valence-electron chi connectivity index (χ3n) is 3.10. The second-order valence-electron chi connectivity index (χ2n) is 6.18. The van der Waals surface area contributed by atoms with Crippen LogP contribution in [0.4, 0.5) is 5.13 Å². The maximum Gasteiger partial charge on any atom is 0.245 e. The van der Waals surface area contributed by atoms with Crippen molar-refractivity contribution < 1.29 is 14.3 Å². The van der Waals surface area contributed by atoms with E-state index in [9.17, 15) is 9.59 Å². The van der Waals surface area contributed by atoms with Gasteiger partial charge in [-0.15, -0.1) is 11.3 Å². The molecule has 1 aromatic rings. The van der Waals surface area contributed by atoms with Crippen LogP contribution in [0.1, 0.15) is 31.3 Å². The minimum atomic E-state index is -0.539. The average Bonchev–Trinajstić information content (AvgIpc) is 2.71. The molecule has 0 aliphatic rings. The normalized spacial score (nSPS) is 11.4. The van der Waals surface area contributed by atoms with Crippen LogP contribution in [0.15, 0.2) is 0 Å². The summed E-state index contributed by atoms with van der Waals surface area (Å²) >= 11 is 1.43. The van der Waals surface area contributed by atoms with Crippen molar-refractivity contribution in [3.05, 3.63) is 10.6 Å². The molecule has 0 aliphatic heterocycles. The number of ether oxygens (including phenoxy) is 1. The predicted octanol–water partition coefficient (Wildman–Crippen LogP) is 2.22. The lowest BCUT2D eigenvalue weighted by molar-refractivity contribution is -0.142. The summed E-state index contributed by atoms with van der Waals surface area (Å²) in [5.74, 6) is -0.325. The van der Waals surface area contributed by atoms with Crippen molar-refractivity contribution in [2.24, 2.45) is 5.41 Å². The molecule has 1 aromatic heterocycles. The number of rotatable bonds is 6. The molecule has 1 rings (SSSR count). The largest absolute Gasteiger partial charge is 0.383 e. The van der Waals surface area contributed by atoms with Gasteiger partial charge in [-0.1, -0.05) is 20.8 Å². The van der Waals surface area contributed by atoms with E-state index in [2.05, 4.69) is 10.3 Å². The number of carbonyl (C=O) groups is 2. The number of thiazole rings is 1. The Morgan fingerprint density at radius 3 is 2.41 bits per heavy atom. The number of nitrogens with one attached hydrogen (secondary N) is 1. The fraction of sp³-hybridized carbons (Fsp3) is 0.667. The Morgan fingerprint density at radius 1 is 1.32 bits per heavy atom. The molecule has 0 atom stereocenters. The monoisotopic (exact) mass is 327 g/mol. The molecule has 1 heterocycles. The van der Waals surface area contributed by atoms with Crippen LogP contribution in [0, 0.1) is 19.3 Å². The third kappa shape index (κ3) is 5.38. The smallest absolute Gasteiger partial charge is 0.245 e. The molecule has 0 radical (unpaired) electrons. The Balaban J connectivity index is 2.71. The molecule has 0 spiro atoms. The van der Waals surface area contributed by atoms with Gasteiger partial charge in [0.25, 0.3) is 0 Å². The Bertz CT molecular complexity index is 515. The Morgan fingerprint density at radius 2 is 1.95 bits per heavy atom. The van der Waals surface area contributed by atoms with Crippen LogP contribution < -0.4 is 5.32 Å². The summed E-state index contributed by atoms with van der Waals surface area (Å²) in [6.07, 6.45) is 0. The van der Waals surface area contributed by atoms with Gasteiger partial charge in [-0.2, -0.15) is 0 Å². The van der Waals surface area contributed by atoms with E-state index in [1.54, 1.807) is 7.11 Å². The molecule has 7 heteroatoms. The van der Waals surface area contributed by atoms with Crippen molar-refractivity contribution in [1.82, 2.24) is 9.88 Å². The maximum absolute atomic E-state index is 12.4. The fourth-order valence-electron chi connectivity index (χ4n) is 1.79. The standard InChI is InChI=1S/C15H25N3O3S/c1-10-11(2)22-14(16-10)17-12(19)9-18(7-8-21-6)13(20)15(3,4)5/h7-9H2,1-6H3,(H,16,17,19). The fourth-order valence-corrected chi connectivity index (χ4v) is 2.62. The highest BCUT2D eigenvalue weighted by Gasteiger charge is 2.28. The number of nitrogens with zero attached hydrogens (tertiary/aromatic N) is 2. The van der Waals surface area contributed by atoms with Gasteiger partial charge in [-0.25, -0.2) is 4.98 Å². The van der Waals surface area contributed by atoms with Crippen molar-refractivity contribution in [3.63, 3.8) is 0 Å². The van der Waals surface area contributed by atoms with E-state index in [1.807, 2.05) is 34.6 Å². The summed E-state index contributed by atoms with van der Waals surface area (Å²) in [7, 11) is 1.57. The second kappa shape index (κ2) is 7.69. The third-order valence-corrected chi connectivity index (χ3v) is 4.09. The first-order valence-electron chi connectivity index (χ1n) is 7.17. The summed E-state index contributed by atoms with van der Waals surface area (Å²) in [5, 5.41) is 3.32. The van der Waals surface area contributed by atoms with Gasteiger partial charge < -0.3 is 15.0 Å². The first-order chi connectivity index (χ1) is 10.1. The highest BCUT2D eigenvalue weighted by Crippen LogP contribution is 2.21. The summed E-state index contributed by atoms with van der Waals surface area (Å²) in [5.41, 5.74) is 0.366. The zero-order valence-electron chi connectivity index (χ0n) is 14.1. The molecule has 22 heavy (non-hydrogen) atoms. The lowest BCUT2D eigenvalue weighted by Gasteiger charge is -2.28. The van der Waals surface area contributed by atoms with Crippen molar-refractivity contribution in [2.75, 3.05) is 32.1 Å². The van der Waals surface area contributed by atoms with Crippen LogP contribution in [0.3, 0.4) is 0 Å². The lowest BCUT2D eigenvalue weighted by atomic mass is 9.94. The van der Waals surface area contributed by atoms with Crippen LogP contribution in [0.25, 0.3) is 0 Å². The number of carbonyl (C=O) groups excluding carboxylic acids is 2. The van der Waals surface area contributed by atoms with Crippen LogP contribution in [0.2, 0.25) is 0 Å². The summed E-state index contributed by atoms with van der Waals surface area (Å²) in [6.45, 7) is 10.1. The molecule has 6 nitrogen and oxygen atoms in total. The molecular weight excluding hydrogens is 302 g/mol. The molecule has 0 unspecified atom stereocenters. The van der Waals surface area contributed by atoms with Gasteiger partial charge in [0.15, 0.2) is 5.13 Å². The summed E-state index contributed by atoms with van der Waals surface area (Å²) in [6, 6.07) is 0. The quantitative estimate of drug-likeness (QED) is 0.869. The van der Waals surface area contributed by atoms with Crippen molar-refractivity contribution in [1.29, 1.82) is 0 Å². The number of methoxy groups -OCH3 is 1. The van der Waals surface area contributed by atoms with Crippen LogP contribution in [0.5, 0.6) is 0 Å². The SMILES string of the molecule is COCCN(CC(=O)Nc1nc(C)c(C)s1)C(=O)C(C)(C)C. The molecule has 124 valence electrons. The van der Waals surface area contributed by atoms with Crippen molar-refractivity contribution >= 4 is 28.3 Å². The van der Waals surface area contributed by atoms with Gasteiger partial charge in [0.2, 0.25) is 11.8 Å². The molecule has 0 aromatic carbocycles. The Kier molecular flexibility index (Phi) is 6.49. The zero-order valence-corrected chi connectivity index (χ0v) is 15.0. The van der Waals surface area contributed by atoms with Crippen LogP contribution in [-0.2, 0) is 14.3 Å². The van der Waals surface area contributed by atoms with Gasteiger partial charge in [0.05, 0.1) is 12.3 Å². The molecule has 0 fully saturated rings. The molecule has 0 saturated carbocycles. The maximum atomic E-state index is 12.4. The van der Waals surface area contributed by atoms with E-state index in [-0.39, 0.29) is 18.4 Å². The first kappa shape index (κ1) is 18.6. The predicted molar refractivity (Wildman–Crippen MR) is 88.1 cm³/mol. The Hall–Kier alpha value is -1.47. The average molecular weight is 327 g/mol. The number of hydrogen-bond donors (Lipinski definition) is 1. The van der Waals surface area contributed by atoms with Gasteiger partial charge in [0.1, 0.15) is 6.54 Å². The zero-order chi connectivity index (χ0) is 16.9. The van der Waals surface area contributed by atoms with Crippen molar-refractivity contribution in [3.8, 4) is 0 Å². The van der Waals surface area contributed by atoms with E-state index >= 15 is 0 Å². The summed E-state index contributed by atoms with van der Waals surface area (Å²) in [4.78, 5) is 31.4. The van der Waals surface area contributed by atoms with Crippen LogP contribution >= 0.6 is 11.3 Å². The van der Waals surface area contributed by atoms with Crippen molar-refractivity contribution in [2.45, 2.75) is 34.6 Å². The van der Waals surface area contributed by atoms with Gasteiger partial charge in [-0.05, 0) is 13.8 Å². The number of aryl methyl sites for hydroxylation is 2. The van der Waals surface area contributed by atoms with E-state index < -0.39 is 5.41 Å². The number of anilines is 1. The molecule has 0 aliphatic carbocycles. The van der Waals surface area contributed by atoms with E-state index in [0.717, 1.165) is 10.6 Å².